The van der Waals surface area contributed by atoms with Crippen molar-refractivity contribution in [2.75, 3.05) is 18.5 Å². The number of ether oxygens (including phenoxy) is 1. The highest BCUT2D eigenvalue weighted by molar-refractivity contribution is 7.15. The Morgan fingerprint density at radius 1 is 1.39 bits per heavy atom. The van der Waals surface area contributed by atoms with Crippen molar-refractivity contribution in [1.82, 2.24) is 5.32 Å². The van der Waals surface area contributed by atoms with Crippen molar-refractivity contribution >= 4 is 34.1 Å². The second kappa shape index (κ2) is 7.56. The summed E-state index contributed by atoms with van der Waals surface area (Å²) in [6.07, 6.45) is 1.27. The van der Waals surface area contributed by atoms with Crippen molar-refractivity contribution < 1.29 is 24.2 Å². The summed E-state index contributed by atoms with van der Waals surface area (Å²) in [6, 6.07) is 0. The van der Waals surface area contributed by atoms with Crippen molar-refractivity contribution in [1.29, 1.82) is 0 Å². The first kappa shape index (κ1) is 17.4. The van der Waals surface area contributed by atoms with E-state index in [0.29, 0.717) is 16.5 Å². The summed E-state index contributed by atoms with van der Waals surface area (Å²) < 4.78 is 5.05. The fourth-order valence-corrected chi connectivity index (χ4v) is 3.08. The summed E-state index contributed by atoms with van der Waals surface area (Å²) in [6.45, 7) is 3.43. The number of carbonyl (C=O) groups is 3. The van der Waals surface area contributed by atoms with E-state index in [9.17, 15) is 14.4 Å². The third-order valence-electron chi connectivity index (χ3n) is 3.31. The molecule has 1 aromatic heterocycles. The van der Waals surface area contributed by atoms with Crippen molar-refractivity contribution in [3.63, 3.8) is 0 Å². The summed E-state index contributed by atoms with van der Waals surface area (Å²) in [5, 5.41) is 16.0. The van der Waals surface area contributed by atoms with Gasteiger partial charge in [0.2, 0.25) is 0 Å². The van der Waals surface area contributed by atoms with Crippen LogP contribution in [-0.4, -0.2) is 42.1 Å². The molecule has 0 radical (unpaired) electrons. The highest BCUT2D eigenvalue weighted by Gasteiger charge is 2.32. The smallest absolute Gasteiger partial charge is 0.341 e. The molecular formula is C15H20N2O5S. The minimum atomic E-state index is -0.875. The predicted octanol–water partition coefficient (Wildman–Crippen LogP) is 1.24. The van der Waals surface area contributed by atoms with Crippen LogP contribution in [0.25, 0.3) is 0 Å². The molecule has 3 N–H and O–H groups in total. The largest absolute Gasteiger partial charge is 0.462 e. The average Bonchev–Trinajstić information content (AvgIpc) is 3.26. The van der Waals surface area contributed by atoms with Crippen LogP contribution in [0, 0.1) is 0 Å². The lowest BCUT2D eigenvalue weighted by Gasteiger charge is -2.09. The topological polar surface area (TPSA) is 105 Å². The number of amides is 2. The van der Waals surface area contributed by atoms with Gasteiger partial charge in [-0.3, -0.25) is 9.59 Å². The molecule has 1 unspecified atom stereocenters. The zero-order valence-electron chi connectivity index (χ0n) is 13.0. The van der Waals surface area contributed by atoms with Crippen LogP contribution >= 0.6 is 11.3 Å². The van der Waals surface area contributed by atoms with Gasteiger partial charge in [-0.2, -0.15) is 0 Å². The first-order valence-electron chi connectivity index (χ1n) is 7.49. The third kappa shape index (κ3) is 4.52. The Balaban J connectivity index is 2.11. The molecule has 0 saturated heterocycles. The summed E-state index contributed by atoms with van der Waals surface area (Å²) >= 11 is 1.21. The molecule has 1 aliphatic carbocycles. The van der Waals surface area contributed by atoms with Gasteiger partial charge in [-0.25, -0.2) is 4.79 Å². The number of esters is 1. The molecule has 2 amide bonds. The van der Waals surface area contributed by atoms with Gasteiger partial charge in [0, 0.05) is 6.54 Å². The maximum absolute atomic E-state index is 12.1. The van der Waals surface area contributed by atoms with Crippen LogP contribution in [0.2, 0.25) is 0 Å². The Kier molecular flexibility index (Phi) is 5.73. The molecule has 1 heterocycles. The second-order valence-corrected chi connectivity index (χ2v) is 6.28. The molecule has 126 valence electrons. The minimum absolute atomic E-state index is 0.0191. The number of hydrogen-bond donors (Lipinski definition) is 3. The van der Waals surface area contributed by atoms with E-state index in [1.807, 2.05) is 5.38 Å². The molecule has 1 saturated carbocycles. The van der Waals surface area contributed by atoms with Crippen LogP contribution in [0.5, 0.6) is 0 Å². The van der Waals surface area contributed by atoms with Crippen molar-refractivity contribution in [3.05, 3.63) is 16.5 Å². The van der Waals surface area contributed by atoms with Gasteiger partial charge in [0.1, 0.15) is 5.00 Å². The van der Waals surface area contributed by atoms with Crippen LogP contribution < -0.4 is 10.6 Å². The number of aliphatic hydroxyl groups is 1. The zero-order chi connectivity index (χ0) is 17.0. The monoisotopic (exact) mass is 340 g/mol. The molecule has 1 aromatic rings. The number of nitrogens with one attached hydrogen (secondary N) is 2. The molecule has 7 nitrogen and oxygen atoms in total. The van der Waals surface area contributed by atoms with Gasteiger partial charge in [0.15, 0.2) is 0 Å². The summed E-state index contributed by atoms with van der Waals surface area (Å²) in [7, 11) is 0. The van der Waals surface area contributed by atoms with Crippen LogP contribution in [0.15, 0.2) is 5.38 Å². The van der Waals surface area contributed by atoms with Gasteiger partial charge < -0.3 is 20.5 Å². The van der Waals surface area contributed by atoms with Gasteiger partial charge in [-0.1, -0.05) is 0 Å². The van der Waals surface area contributed by atoms with Crippen LogP contribution in [-0.2, 0) is 14.3 Å². The number of hydrogen-bond acceptors (Lipinski definition) is 6. The van der Waals surface area contributed by atoms with E-state index in [0.717, 1.165) is 18.4 Å². The Hall–Kier alpha value is -1.93. The Bertz CT molecular complexity index is 607. The maximum Gasteiger partial charge on any atom is 0.341 e. The van der Waals surface area contributed by atoms with E-state index in [-0.39, 0.29) is 13.2 Å². The SMILES string of the molecule is CCOC(=O)c1c(C2CC2)csc1NC(=O)C(=O)NCC(C)O. The second-order valence-electron chi connectivity index (χ2n) is 5.40. The van der Waals surface area contributed by atoms with E-state index in [2.05, 4.69) is 10.6 Å². The van der Waals surface area contributed by atoms with Crippen LogP contribution in [0.3, 0.4) is 0 Å². The van der Waals surface area contributed by atoms with E-state index in [1.54, 1.807) is 6.92 Å². The first-order valence-corrected chi connectivity index (χ1v) is 8.37. The number of carbonyl (C=O) groups excluding carboxylic acids is 3. The van der Waals surface area contributed by atoms with E-state index < -0.39 is 23.9 Å². The minimum Gasteiger partial charge on any atom is -0.462 e. The van der Waals surface area contributed by atoms with Gasteiger partial charge in [0.05, 0.1) is 18.3 Å². The number of aliphatic hydroxyl groups excluding tert-OH is 1. The fraction of sp³-hybridized carbons (Fsp3) is 0.533. The quantitative estimate of drug-likeness (QED) is 0.534. The molecule has 1 atom stereocenters. The molecule has 0 spiro atoms. The number of anilines is 1. The van der Waals surface area contributed by atoms with Gasteiger partial charge in [0.25, 0.3) is 0 Å². The lowest BCUT2D eigenvalue weighted by molar-refractivity contribution is -0.136. The van der Waals surface area contributed by atoms with Gasteiger partial charge in [-0.15, -0.1) is 11.3 Å². The summed E-state index contributed by atoms with van der Waals surface area (Å²) in [4.78, 5) is 35.7. The molecule has 0 bridgehead atoms. The maximum atomic E-state index is 12.1. The highest BCUT2D eigenvalue weighted by Crippen LogP contribution is 2.46. The van der Waals surface area contributed by atoms with E-state index in [4.69, 9.17) is 9.84 Å². The van der Waals surface area contributed by atoms with Crippen LogP contribution in [0.4, 0.5) is 5.00 Å². The van der Waals surface area contributed by atoms with Gasteiger partial charge in [-0.05, 0) is 43.6 Å². The van der Waals surface area contributed by atoms with E-state index >= 15 is 0 Å². The number of rotatable bonds is 6. The van der Waals surface area contributed by atoms with Gasteiger partial charge >= 0.3 is 17.8 Å². The summed E-state index contributed by atoms with van der Waals surface area (Å²) in [5.74, 6) is -1.90. The molecule has 2 rings (SSSR count). The molecule has 1 aliphatic rings. The van der Waals surface area contributed by atoms with E-state index in [1.165, 1.54) is 18.3 Å². The highest BCUT2D eigenvalue weighted by atomic mass is 32.1. The number of thiophene rings is 1. The zero-order valence-corrected chi connectivity index (χ0v) is 13.9. The first-order chi connectivity index (χ1) is 10.9. The molecule has 0 aromatic carbocycles. The van der Waals surface area contributed by atoms with Crippen molar-refractivity contribution in [2.45, 2.75) is 38.7 Å². The van der Waals surface area contributed by atoms with Crippen molar-refractivity contribution in [3.8, 4) is 0 Å². The molecule has 23 heavy (non-hydrogen) atoms. The molecule has 1 fully saturated rings. The predicted molar refractivity (Wildman–Crippen MR) is 85.6 cm³/mol. The standard InChI is InChI=1S/C15H20N2O5S/c1-3-22-15(21)11-10(9-4-5-9)7-23-14(11)17-13(20)12(19)16-6-8(2)18/h7-9,18H,3-6H2,1-2H3,(H,16,19)(H,17,20). The summed E-state index contributed by atoms with van der Waals surface area (Å²) in [5.41, 5.74) is 1.21. The van der Waals surface area contributed by atoms with Crippen LogP contribution in [0.1, 0.15) is 48.5 Å². The average molecular weight is 340 g/mol. The lowest BCUT2D eigenvalue weighted by atomic mass is 10.1. The van der Waals surface area contributed by atoms with Crippen molar-refractivity contribution in [2.24, 2.45) is 0 Å². The molecular weight excluding hydrogens is 320 g/mol. The molecule has 8 heteroatoms. The Morgan fingerprint density at radius 3 is 2.65 bits per heavy atom. The third-order valence-corrected chi connectivity index (χ3v) is 4.22. The fourth-order valence-electron chi connectivity index (χ4n) is 2.05. The molecule has 0 aliphatic heterocycles. The lowest BCUT2D eigenvalue weighted by Crippen LogP contribution is -2.38. The normalized spacial score (nSPS) is 14.9. The Morgan fingerprint density at radius 2 is 2.09 bits per heavy atom. The Labute approximate surface area is 138 Å².